The van der Waals surface area contributed by atoms with Crippen molar-refractivity contribution in [3.05, 3.63) is 35.9 Å². The van der Waals surface area contributed by atoms with Gasteiger partial charge >= 0.3 is 11.9 Å². The first-order valence-corrected chi connectivity index (χ1v) is 8.13. The highest BCUT2D eigenvalue weighted by Crippen LogP contribution is 2.25. The Bertz CT molecular complexity index is 673. The molecule has 0 aromatic heterocycles. The van der Waals surface area contributed by atoms with E-state index in [1.54, 1.807) is 13.8 Å². The monoisotopic (exact) mass is 364 g/mol. The number of carboxylic acids is 1. The summed E-state index contributed by atoms with van der Waals surface area (Å²) in [6.07, 6.45) is -0.427. The molecule has 142 valence electrons. The molecule has 1 aromatic carbocycles. The maximum Gasteiger partial charge on any atom is 0.343 e. The molecule has 9 nitrogen and oxygen atoms in total. The zero-order valence-electron chi connectivity index (χ0n) is 14.8. The van der Waals surface area contributed by atoms with E-state index in [4.69, 9.17) is 21.4 Å². The molecule has 0 saturated heterocycles. The van der Waals surface area contributed by atoms with Gasteiger partial charge in [-0.2, -0.15) is 5.06 Å². The number of nitrogens with two attached hydrogens (primary N) is 2. The van der Waals surface area contributed by atoms with Crippen molar-refractivity contribution < 1.29 is 24.3 Å². The number of aliphatic carboxylic acids is 1. The van der Waals surface area contributed by atoms with Crippen molar-refractivity contribution in [1.29, 1.82) is 0 Å². The molecule has 1 unspecified atom stereocenters. The number of carboxylic acid groups (broad SMARTS) is 1. The quantitative estimate of drug-likeness (QED) is 0.262. The number of hydroxylamine groups is 2. The van der Waals surface area contributed by atoms with Crippen molar-refractivity contribution in [2.75, 3.05) is 6.54 Å². The zero-order valence-corrected chi connectivity index (χ0v) is 14.8. The first-order chi connectivity index (χ1) is 12.2. The Balaban J connectivity index is 3.18. The fraction of sp³-hybridized carbons (Fsp3) is 0.412. The largest absolute Gasteiger partial charge is 0.481 e. The van der Waals surface area contributed by atoms with E-state index in [0.29, 0.717) is 0 Å². The van der Waals surface area contributed by atoms with Gasteiger partial charge in [-0.3, -0.25) is 9.59 Å². The first-order valence-electron chi connectivity index (χ1n) is 8.13. The number of hydrogen-bond acceptors (Lipinski definition) is 5. The minimum Gasteiger partial charge on any atom is -0.481 e. The van der Waals surface area contributed by atoms with Gasteiger partial charge in [0.1, 0.15) is 12.0 Å². The van der Waals surface area contributed by atoms with Gasteiger partial charge in [-0.1, -0.05) is 37.3 Å². The first kappa shape index (κ1) is 20.9. The number of hydrogen-bond donors (Lipinski definition) is 3. The van der Waals surface area contributed by atoms with Crippen LogP contribution in [-0.4, -0.2) is 46.1 Å². The summed E-state index contributed by atoms with van der Waals surface area (Å²) in [5.74, 6) is -3.31. The van der Waals surface area contributed by atoms with E-state index in [1.165, 1.54) is 0 Å². The number of likely N-dealkylation sites (N-methyl/N-ethyl adjacent to an activating group) is 1. The molecule has 1 rings (SSSR count). The Hall–Kier alpha value is -3.10. The lowest BCUT2D eigenvalue weighted by molar-refractivity contribution is -0.201. The number of carbonyl (C=O) groups excluding carboxylic acids is 2. The Labute approximate surface area is 151 Å². The predicted octanol–water partition coefficient (Wildman–Crippen LogP) is 0.433. The van der Waals surface area contributed by atoms with Crippen molar-refractivity contribution in [3.63, 3.8) is 0 Å². The molecule has 0 saturated carbocycles. The van der Waals surface area contributed by atoms with Crippen molar-refractivity contribution >= 4 is 23.8 Å². The molecule has 0 bridgehead atoms. The van der Waals surface area contributed by atoms with E-state index in [2.05, 4.69) is 4.99 Å². The Morgan fingerprint density at radius 3 is 2.27 bits per heavy atom. The highest BCUT2D eigenvalue weighted by Gasteiger charge is 2.41. The number of aliphatic imine (C=N–C) groups is 1. The summed E-state index contributed by atoms with van der Waals surface area (Å²) in [6.45, 7) is 3.34. The van der Waals surface area contributed by atoms with Crippen LogP contribution in [0.15, 0.2) is 35.3 Å². The van der Waals surface area contributed by atoms with Gasteiger partial charge in [-0.25, -0.2) is 9.79 Å². The highest BCUT2D eigenvalue weighted by molar-refractivity contribution is 5.93. The third kappa shape index (κ3) is 5.76. The lowest BCUT2D eigenvalue weighted by atomic mass is 9.87. The van der Waals surface area contributed by atoms with E-state index in [9.17, 15) is 14.4 Å². The van der Waals surface area contributed by atoms with Crippen molar-refractivity contribution in [2.24, 2.45) is 16.5 Å². The van der Waals surface area contributed by atoms with Gasteiger partial charge in [-0.05, 0) is 18.9 Å². The molecule has 1 atom stereocenters. The van der Waals surface area contributed by atoms with Gasteiger partial charge in [0.05, 0.1) is 6.54 Å². The SMILES string of the molecule is CCN(OC(=O)CC(=O)O)C(=O)C(CC)(Cc1ccccc1)N=C(N)N. The number of amides is 1. The lowest BCUT2D eigenvalue weighted by Gasteiger charge is -2.32. The summed E-state index contributed by atoms with van der Waals surface area (Å²) in [7, 11) is 0. The average Bonchev–Trinajstić information content (AvgIpc) is 2.58. The molecule has 0 radical (unpaired) electrons. The van der Waals surface area contributed by atoms with Gasteiger partial charge in [-0.15, -0.1) is 0 Å². The number of carbonyl (C=O) groups is 3. The second kappa shape index (κ2) is 9.40. The third-order valence-corrected chi connectivity index (χ3v) is 3.69. The molecule has 0 aliphatic heterocycles. The average molecular weight is 364 g/mol. The zero-order chi connectivity index (χ0) is 19.7. The van der Waals surface area contributed by atoms with Crippen LogP contribution in [0.4, 0.5) is 0 Å². The van der Waals surface area contributed by atoms with E-state index in [1.807, 2.05) is 30.3 Å². The van der Waals surface area contributed by atoms with Crippen molar-refractivity contribution in [3.8, 4) is 0 Å². The number of nitrogens with zero attached hydrogens (tertiary/aromatic N) is 2. The van der Waals surface area contributed by atoms with E-state index < -0.39 is 29.8 Å². The molecule has 9 heteroatoms. The van der Waals surface area contributed by atoms with Crippen LogP contribution in [0.1, 0.15) is 32.3 Å². The van der Waals surface area contributed by atoms with Crippen LogP contribution in [0.5, 0.6) is 0 Å². The van der Waals surface area contributed by atoms with Gasteiger partial charge in [0.15, 0.2) is 5.96 Å². The summed E-state index contributed by atoms with van der Waals surface area (Å²) < 4.78 is 0. The van der Waals surface area contributed by atoms with Gasteiger partial charge < -0.3 is 21.4 Å². The highest BCUT2D eigenvalue weighted by atomic mass is 16.7. The lowest BCUT2D eigenvalue weighted by Crippen LogP contribution is -2.51. The molecule has 1 aromatic rings. The maximum absolute atomic E-state index is 13.1. The molecule has 0 fully saturated rings. The molecule has 26 heavy (non-hydrogen) atoms. The smallest absolute Gasteiger partial charge is 0.343 e. The molecular weight excluding hydrogens is 340 g/mol. The number of benzene rings is 1. The fourth-order valence-corrected chi connectivity index (χ4v) is 2.46. The fourth-order valence-electron chi connectivity index (χ4n) is 2.46. The minimum absolute atomic E-state index is 0.0146. The van der Waals surface area contributed by atoms with Gasteiger partial charge in [0, 0.05) is 6.42 Å². The van der Waals surface area contributed by atoms with Gasteiger partial charge in [0.25, 0.3) is 5.91 Å². The van der Waals surface area contributed by atoms with Crippen LogP contribution in [-0.2, 0) is 25.6 Å². The van der Waals surface area contributed by atoms with Crippen molar-refractivity contribution in [2.45, 2.75) is 38.6 Å². The van der Waals surface area contributed by atoms with E-state index >= 15 is 0 Å². The molecule has 5 N–H and O–H groups in total. The van der Waals surface area contributed by atoms with Crippen LogP contribution in [0.3, 0.4) is 0 Å². The Kier molecular flexibility index (Phi) is 7.57. The van der Waals surface area contributed by atoms with Crippen molar-refractivity contribution in [1.82, 2.24) is 5.06 Å². The molecule has 0 heterocycles. The standard InChI is InChI=1S/C17H24N4O5/c1-3-17(20-16(18)19,11-12-8-6-5-7-9-12)15(25)21(4-2)26-14(24)10-13(22)23/h5-9H,3-4,10-11H2,1-2H3,(H,22,23)(H4,18,19,20). The molecule has 0 aliphatic carbocycles. The molecule has 0 aliphatic rings. The summed E-state index contributed by atoms with van der Waals surface area (Å²) in [4.78, 5) is 44.4. The van der Waals surface area contributed by atoms with Gasteiger partial charge in [0.2, 0.25) is 0 Å². The Morgan fingerprint density at radius 1 is 1.19 bits per heavy atom. The number of rotatable bonds is 8. The molecule has 1 amide bonds. The Morgan fingerprint density at radius 2 is 1.81 bits per heavy atom. The molecular formula is C17H24N4O5. The summed E-state index contributed by atoms with van der Waals surface area (Å²) in [5, 5.41) is 9.46. The van der Waals surface area contributed by atoms with Crippen LogP contribution >= 0.6 is 0 Å². The van der Waals surface area contributed by atoms with Crippen LogP contribution in [0.2, 0.25) is 0 Å². The predicted molar refractivity (Wildman–Crippen MR) is 94.7 cm³/mol. The minimum atomic E-state index is -1.38. The van der Waals surface area contributed by atoms with Crippen LogP contribution in [0, 0.1) is 0 Å². The second-order valence-electron chi connectivity index (χ2n) is 5.62. The molecule has 0 spiro atoms. The summed E-state index contributed by atoms with van der Waals surface area (Å²) in [6, 6.07) is 9.13. The maximum atomic E-state index is 13.1. The third-order valence-electron chi connectivity index (χ3n) is 3.69. The van der Waals surface area contributed by atoms with Crippen LogP contribution < -0.4 is 11.5 Å². The topological polar surface area (TPSA) is 148 Å². The van der Waals surface area contributed by atoms with E-state index in [0.717, 1.165) is 10.6 Å². The summed E-state index contributed by atoms with van der Waals surface area (Å²) >= 11 is 0. The van der Waals surface area contributed by atoms with E-state index in [-0.39, 0.29) is 25.3 Å². The summed E-state index contributed by atoms with van der Waals surface area (Å²) in [5.41, 5.74) is 10.5. The number of guanidine groups is 1. The second-order valence-corrected chi connectivity index (χ2v) is 5.62. The normalized spacial score (nSPS) is 12.5. The van der Waals surface area contributed by atoms with Crippen LogP contribution in [0.25, 0.3) is 0 Å².